The summed E-state index contributed by atoms with van der Waals surface area (Å²) in [6.45, 7) is 3.34. The van der Waals surface area contributed by atoms with Gasteiger partial charge in [-0.2, -0.15) is 0 Å². The lowest BCUT2D eigenvalue weighted by atomic mass is 9.96. The van der Waals surface area contributed by atoms with Crippen molar-refractivity contribution in [2.75, 3.05) is 32.1 Å². The van der Waals surface area contributed by atoms with Gasteiger partial charge in [0.2, 0.25) is 0 Å². The monoisotopic (exact) mass is 235 g/mol. The SMILES string of the molecule is COc1ccc(NCCC2CCCNC2)nc1. The first kappa shape index (κ1) is 12.2. The van der Waals surface area contributed by atoms with Crippen molar-refractivity contribution in [1.29, 1.82) is 0 Å². The molecule has 2 N–H and O–H groups in total. The van der Waals surface area contributed by atoms with Crippen LogP contribution >= 0.6 is 0 Å². The molecule has 1 aromatic heterocycles. The van der Waals surface area contributed by atoms with E-state index in [1.807, 2.05) is 12.1 Å². The van der Waals surface area contributed by atoms with Gasteiger partial charge in [0.1, 0.15) is 11.6 Å². The van der Waals surface area contributed by atoms with Gasteiger partial charge in [0.05, 0.1) is 13.3 Å². The van der Waals surface area contributed by atoms with Crippen LogP contribution in [0.3, 0.4) is 0 Å². The average molecular weight is 235 g/mol. The minimum atomic E-state index is 0.798. The minimum absolute atomic E-state index is 0.798. The molecule has 0 spiro atoms. The second kappa shape index (κ2) is 6.45. The number of rotatable bonds is 5. The first-order chi connectivity index (χ1) is 8.38. The molecular formula is C13H21N3O. The molecule has 4 heteroatoms. The number of aromatic nitrogens is 1. The van der Waals surface area contributed by atoms with Crippen molar-refractivity contribution < 1.29 is 4.74 Å². The maximum atomic E-state index is 5.07. The van der Waals surface area contributed by atoms with Gasteiger partial charge in [-0.05, 0) is 50.4 Å². The Morgan fingerprint density at radius 2 is 2.47 bits per heavy atom. The molecule has 0 radical (unpaired) electrons. The van der Waals surface area contributed by atoms with Crippen LogP contribution in [0.2, 0.25) is 0 Å². The molecule has 1 saturated heterocycles. The second-order valence-corrected chi connectivity index (χ2v) is 4.51. The number of piperidine rings is 1. The van der Waals surface area contributed by atoms with Crippen LogP contribution in [0.1, 0.15) is 19.3 Å². The molecule has 0 bridgehead atoms. The molecule has 1 unspecified atom stereocenters. The van der Waals surface area contributed by atoms with E-state index in [-0.39, 0.29) is 0 Å². The van der Waals surface area contributed by atoms with Crippen LogP contribution in [-0.2, 0) is 0 Å². The molecule has 0 aromatic carbocycles. The Bertz CT molecular complexity index is 320. The lowest BCUT2D eigenvalue weighted by molar-refractivity contribution is 0.364. The number of nitrogens with zero attached hydrogens (tertiary/aromatic N) is 1. The molecule has 0 saturated carbocycles. The number of nitrogens with one attached hydrogen (secondary N) is 2. The molecule has 1 fully saturated rings. The first-order valence-corrected chi connectivity index (χ1v) is 6.33. The van der Waals surface area contributed by atoms with E-state index in [1.54, 1.807) is 13.3 Å². The van der Waals surface area contributed by atoms with E-state index in [9.17, 15) is 0 Å². The highest BCUT2D eigenvalue weighted by molar-refractivity contribution is 5.37. The number of pyridine rings is 1. The summed E-state index contributed by atoms with van der Waals surface area (Å²) in [5, 5.41) is 6.79. The van der Waals surface area contributed by atoms with E-state index in [0.717, 1.165) is 30.6 Å². The zero-order chi connectivity index (χ0) is 11.9. The lowest BCUT2D eigenvalue weighted by Crippen LogP contribution is -2.30. The molecule has 94 valence electrons. The number of ether oxygens (including phenoxy) is 1. The van der Waals surface area contributed by atoms with Crippen molar-refractivity contribution in [3.8, 4) is 5.75 Å². The molecule has 1 aromatic rings. The average Bonchev–Trinajstić information content (AvgIpc) is 2.41. The summed E-state index contributed by atoms with van der Waals surface area (Å²) in [6.07, 6.45) is 5.61. The Morgan fingerprint density at radius 3 is 3.12 bits per heavy atom. The van der Waals surface area contributed by atoms with Crippen molar-refractivity contribution in [3.63, 3.8) is 0 Å². The van der Waals surface area contributed by atoms with Crippen molar-refractivity contribution in [2.24, 2.45) is 5.92 Å². The third-order valence-electron chi connectivity index (χ3n) is 3.23. The summed E-state index contributed by atoms with van der Waals surface area (Å²) < 4.78 is 5.07. The quantitative estimate of drug-likeness (QED) is 0.818. The van der Waals surface area contributed by atoms with E-state index < -0.39 is 0 Å². The predicted octanol–water partition coefficient (Wildman–Crippen LogP) is 1.89. The zero-order valence-corrected chi connectivity index (χ0v) is 10.4. The third-order valence-corrected chi connectivity index (χ3v) is 3.23. The molecule has 17 heavy (non-hydrogen) atoms. The topological polar surface area (TPSA) is 46.2 Å². The summed E-state index contributed by atoms with van der Waals surface area (Å²) in [5.41, 5.74) is 0. The van der Waals surface area contributed by atoms with E-state index >= 15 is 0 Å². The van der Waals surface area contributed by atoms with Crippen LogP contribution in [0.5, 0.6) is 5.75 Å². The van der Waals surface area contributed by atoms with Gasteiger partial charge in [0.25, 0.3) is 0 Å². The van der Waals surface area contributed by atoms with Crippen molar-refractivity contribution in [1.82, 2.24) is 10.3 Å². The normalized spacial score (nSPS) is 19.9. The smallest absolute Gasteiger partial charge is 0.137 e. The van der Waals surface area contributed by atoms with Crippen molar-refractivity contribution >= 4 is 5.82 Å². The summed E-state index contributed by atoms with van der Waals surface area (Å²) in [5.74, 6) is 2.54. The third kappa shape index (κ3) is 3.89. The minimum Gasteiger partial charge on any atom is -0.495 e. The van der Waals surface area contributed by atoms with Gasteiger partial charge in [-0.3, -0.25) is 0 Å². The second-order valence-electron chi connectivity index (χ2n) is 4.51. The molecule has 1 aliphatic heterocycles. The highest BCUT2D eigenvalue weighted by atomic mass is 16.5. The number of methoxy groups -OCH3 is 1. The van der Waals surface area contributed by atoms with Gasteiger partial charge >= 0.3 is 0 Å². The summed E-state index contributed by atoms with van der Waals surface area (Å²) in [6, 6.07) is 3.88. The van der Waals surface area contributed by atoms with Gasteiger partial charge in [-0.1, -0.05) is 0 Å². The molecule has 0 amide bonds. The van der Waals surface area contributed by atoms with Gasteiger partial charge in [0.15, 0.2) is 0 Å². The Morgan fingerprint density at radius 1 is 1.53 bits per heavy atom. The fraction of sp³-hybridized carbons (Fsp3) is 0.615. The predicted molar refractivity (Wildman–Crippen MR) is 69.5 cm³/mol. The van der Waals surface area contributed by atoms with Crippen LogP contribution in [0.4, 0.5) is 5.82 Å². The van der Waals surface area contributed by atoms with Crippen LogP contribution in [0, 0.1) is 5.92 Å². The summed E-state index contributed by atoms with van der Waals surface area (Å²) in [4.78, 5) is 4.28. The van der Waals surface area contributed by atoms with E-state index in [1.165, 1.54) is 25.8 Å². The Hall–Kier alpha value is -1.29. The van der Waals surface area contributed by atoms with Crippen molar-refractivity contribution in [3.05, 3.63) is 18.3 Å². The fourth-order valence-corrected chi connectivity index (χ4v) is 2.18. The highest BCUT2D eigenvalue weighted by Crippen LogP contribution is 2.15. The van der Waals surface area contributed by atoms with Gasteiger partial charge < -0.3 is 15.4 Å². The maximum absolute atomic E-state index is 5.07. The molecule has 0 aliphatic carbocycles. The van der Waals surface area contributed by atoms with Crippen LogP contribution in [-0.4, -0.2) is 31.7 Å². The van der Waals surface area contributed by atoms with Crippen LogP contribution in [0.25, 0.3) is 0 Å². The largest absolute Gasteiger partial charge is 0.495 e. The molecule has 4 nitrogen and oxygen atoms in total. The molecule has 1 atom stereocenters. The molecule has 1 aliphatic rings. The molecule has 2 heterocycles. The van der Waals surface area contributed by atoms with E-state index in [2.05, 4.69) is 15.6 Å². The van der Waals surface area contributed by atoms with Gasteiger partial charge in [-0.25, -0.2) is 4.98 Å². The number of anilines is 1. The summed E-state index contributed by atoms with van der Waals surface area (Å²) >= 11 is 0. The summed E-state index contributed by atoms with van der Waals surface area (Å²) in [7, 11) is 1.65. The first-order valence-electron chi connectivity index (χ1n) is 6.33. The zero-order valence-electron chi connectivity index (χ0n) is 10.4. The Kier molecular flexibility index (Phi) is 4.62. The fourth-order valence-electron chi connectivity index (χ4n) is 2.18. The number of hydrogen-bond donors (Lipinski definition) is 2. The highest BCUT2D eigenvalue weighted by Gasteiger charge is 2.11. The van der Waals surface area contributed by atoms with Crippen LogP contribution in [0.15, 0.2) is 18.3 Å². The van der Waals surface area contributed by atoms with Gasteiger partial charge in [-0.15, -0.1) is 0 Å². The standard InChI is InChI=1S/C13H21N3O/c1-17-12-4-5-13(16-10-12)15-8-6-11-3-2-7-14-9-11/h4-5,10-11,14H,2-3,6-9H2,1H3,(H,15,16). The molecule has 2 rings (SSSR count). The Labute approximate surface area is 103 Å². The van der Waals surface area contributed by atoms with Crippen molar-refractivity contribution in [2.45, 2.75) is 19.3 Å². The van der Waals surface area contributed by atoms with Crippen LogP contribution < -0.4 is 15.4 Å². The lowest BCUT2D eigenvalue weighted by Gasteiger charge is -2.22. The molecular weight excluding hydrogens is 214 g/mol. The maximum Gasteiger partial charge on any atom is 0.137 e. The van der Waals surface area contributed by atoms with E-state index in [4.69, 9.17) is 4.74 Å². The van der Waals surface area contributed by atoms with Gasteiger partial charge in [0, 0.05) is 6.54 Å². The number of hydrogen-bond acceptors (Lipinski definition) is 4. The van der Waals surface area contributed by atoms with E-state index in [0.29, 0.717) is 0 Å². The Balaban J connectivity index is 1.69.